The van der Waals surface area contributed by atoms with Crippen molar-refractivity contribution in [2.75, 3.05) is 7.11 Å². The van der Waals surface area contributed by atoms with E-state index >= 15 is 0 Å². The van der Waals surface area contributed by atoms with Gasteiger partial charge in [-0.3, -0.25) is 9.59 Å². The molecule has 10 heteroatoms. The highest BCUT2D eigenvalue weighted by Crippen LogP contribution is 2.23. The van der Waals surface area contributed by atoms with Gasteiger partial charge in [-0.2, -0.15) is 5.10 Å². The first-order chi connectivity index (χ1) is 14.5. The van der Waals surface area contributed by atoms with E-state index in [1.165, 1.54) is 13.3 Å². The molecule has 1 amide bonds. The second-order valence-corrected chi connectivity index (χ2v) is 7.19. The van der Waals surface area contributed by atoms with E-state index in [0.717, 1.165) is 11.8 Å². The molecule has 9 nitrogen and oxygen atoms in total. The molecule has 1 aliphatic rings. The van der Waals surface area contributed by atoms with Crippen LogP contribution in [0.4, 0.5) is 0 Å². The van der Waals surface area contributed by atoms with Crippen LogP contribution in [0.2, 0.25) is 0 Å². The number of carbonyl (C=O) groups is 3. The fourth-order valence-corrected chi connectivity index (χ4v) is 3.37. The number of methoxy groups -OCH3 is 1. The number of amidine groups is 1. The van der Waals surface area contributed by atoms with Crippen LogP contribution in [0.3, 0.4) is 0 Å². The van der Waals surface area contributed by atoms with Crippen molar-refractivity contribution in [3.05, 3.63) is 59.7 Å². The number of hydrogen-bond donors (Lipinski definition) is 2. The highest BCUT2D eigenvalue weighted by molar-refractivity contribution is 8.15. The van der Waals surface area contributed by atoms with Crippen LogP contribution in [0.25, 0.3) is 0 Å². The Morgan fingerprint density at radius 2 is 1.93 bits per heavy atom. The predicted octanol–water partition coefficient (Wildman–Crippen LogP) is 2.31. The van der Waals surface area contributed by atoms with Crippen molar-refractivity contribution in [3.8, 4) is 11.5 Å². The molecule has 0 spiro atoms. The van der Waals surface area contributed by atoms with E-state index in [9.17, 15) is 14.4 Å². The molecule has 2 aromatic carbocycles. The second-order valence-electron chi connectivity index (χ2n) is 6.00. The van der Waals surface area contributed by atoms with Gasteiger partial charge in [0.2, 0.25) is 5.91 Å². The average Bonchev–Trinajstić information content (AvgIpc) is 3.07. The summed E-state index contributed by atoms with van der Waals surface area (Å²) in [7, 11) is 1.54. The SMILES string of the molecule is COc1ccc(C(=O)Oc2ccccc2/C=N\N=C2\NC(=O)[C@@H](CC(=O)O)S2)cc1. The lowest BCUT2D eigenvalue weighted by molar-refractivity contribution is -0.138. The van der Waals surface area contributed by atoms with E-state index < -0.39 is 23.1 Å². The van der Waals surface area contributed by atoms with Gasteiger partial charge in [0.1, 0.15) is 16.7 Å². The van der Waals surface area contributed by atoms with E-state index in [4.69, 9.17) is 14.6 Å². The molecule has 1 atom stereocenters. The summed E-state index contributed by atoms with van der Waals surface area (Å²) in [5, 5.41) is 18.5. The average molecular weight is 427 g/mol. The number of carbonyl (C=O) groups excluding carboxylic acids is 2. The Morgan fingerprint density at radius 1 is 1.20 bits per heavy atom. The topological polar surface area (TPSA) is 127 Å². The predicted molar refractivity (Wildman–Crippen MR) is 111 cm³/mol. The van der Waals surface area contributed by atoms with Gasteiger partial charge in [0.05, 0.1) is 25.3 Å². The lowest BCUT2D eigenvalue weighted by Crippen LogP contribution is -2.26. The maximum Gasteiger partial charge on any atom is 0.343 e. The van der Waals surface area contributed by atoms with E-state index in [1.54, 1.807) is 48.5 Å². The molecule has 154 valence electrons. The molecular weight excluding hydrogens is 410 g/mol. The van der Waals surface area contributed by atoms with Gasteiger partial charge in [0.25, 0.3) is 0 Å². The Bertz CT molecular complexity index is 1020. The minimum absolute atomic E-state index is 0.204. The number of carboxylic acids is 1. The summed E-state index contributed by atoms with van der Waals surface area (Å²) in [5.74, 6) is -1.13. The zero-order valence-electron chi connectivity index (χ0n) is 15.8. The van der Waals surface area contributed by atoms with Crippen molar-refractivity contribution < 1.29 is 29.0 Å². The molecule has 1 fully saturated rings. The second kappa shape index (κ2) is 9.70. The third-order valence-corrected chi connectivity index (χ3v) is 5.00. The fraction of sp³-hybridized carbons (Fsp3) is 0.150. The molecule has 1 saturated heterocycles. The van der Waals surface area contributed by atoms with Crippen LogP contribution >= 0.6 is 11.8 Å². The van der Waals surface area contributed by atoms with Gasteiger partial charge in [-0.15, -0.1) is 5.10 Å². The minimum Gasteiger partial charge on any atom is -0.497 e. The lowest BCUT2D eigenvalue weighted by atomic mass is 10.2. The van der Waals surface area contributed by atoms with Crippen molar-refractivity contribution in [3.63, 3.8) is 0 Å². The van der Waals surface area contributed by atoms with Gasteiger partial charge in [0, 0.05) is 5.56 Å². The van der Waals surface area contributed by atoms with Crippen LogP contribution in [-0.4, -0.2) is 46.7 Å². The quantitative estimate of drug-likeness (QED) is 0.300. The number of hydrogen-bond acceptors (Lipinski definition) is 8. The molecule has 1 heterocycles. The number of carboxylic acid groups (broad SMARTS) is 1. The van der Waals surface area contributed by atoms with E-state index in [-0.39, 0.29) is 17.3 Å². The van der Waals surface area contributed by atoms with Crippen molar-refractivity contribution in [1.29, 1.82) is 0 Å². The molecule has 2 N–H and O–H groups in total. The minimum atomic E-state index is -1.07. The summed E-state index contributed by atoms with van der Waals surface area (Å²) in [4.78, 5) is 34.8. The van der Waals surface area contributed by atoms with Gasteiger partial charge in [-0.05, 0) is 36.4 Å². The first-order valence-electron chi connectivity index (χ1n) is 8.72. The van der Waals surface area contributed by atoms with Crippen LogP contribution in [0, 0.1) is 0 Å². The smallest absolute Gasteiger partial charge is 0.343 e. The number of benzene rings is 2. The number of nitrogens with zero attached hydrogens (tertiary/aromatic N) is 2. The van der Waals surface area contributed by atoms with Gasteiger partial charge < -0.3 is 19.9 Å². The van der Waals surface area contributed by atoms with Crippen LogP contribution in [0.1, 0.15) is 22.3 Å². The number of nitrogens with one attached hydrogen (secondary N) is 1. The normalized spacial score (nSPS) is 17.2. The maximum absolute atomic E-state index is 12.4. The highest BCUT2D eigenvalue weighted by atomic mass is 32.2. The summed E-state index contributed by atoms with van der Waals surface area (Å²) >= 11 is 0.996. The molecule has 0 aliphatic carbocycles. The Labute approximate surface area is 175 Å². The van der Waals surface area contributed by atoms with Crippen LogP contribution in [0.5, 0.6) is 11.5 Å². The third kappa shape index (κ3) is 5.45. The summed E-state index contributed by atoms with van der Waals surface area (Å²) in [5.41, 5.74) is 0.859. The Morgan fingerprint density at radius 3 is 2.63 bits per heavy atom. The fourth-order valence-electron chi connectivity index (χ4n) is 2.45. The standard InChI is InChI=1S/C20H17N3O6S/c1-28-14-8-6-12(7-9-14)19(27)29-15-5-3-2-4-13(15)11-21-23-20-22-18(26)16(30-20)10-17(24)25/h2-9,11,16H,10H2,1H3,(H,24,25)(H,22,23,26)/b21-11-/t16-/m1/s1. The molecule has 0 unspecified atom stereocenters. The highest BCUT2D eigenvalue weighted by Gasteiger charge is 2.32. The molecule has 1 aliphatic heterocycles. The van der Waals surface area contributed by atoms with Gasteiger partial charge in [-0.1, -0.05) is 23.9 Å². The number of thioether (sulfide) groups is 1. The summed E-state index contributed by atoms with van der Waals surface area (Å²) < 4.78 is 10.5. The van der Waals surface area contributed by atoms with E-state index in [0.29, 0.717) is 16.9 Å². The Balaban J connectivity index is 1.68. The van der Waals surface area contributed by atoms with Crippen molar-refractivity contribution >= 4 is 41.0 Å². The van der Waals surface area contributed by atoms with Gasteiger partial charge >= 0.3 is 11.9 Å². The van der Waals surface area contributed by atoms with E-state index in [1.807, 2.05) is 0 Å². The Hall–Kier alpha value is -3.66. The molecule has 0 radical (unpaired) electrons. The maximum atomic E-state index is 12.4. The van der Waals surface area contributed by atoms with Crippen LogP contribution in [0.15, 0.2) is 58.7 Å². The van der Waals surface area contributed by atoms with Crippen LogP contribution in [-0.2, 0) is 9.59 Å². The molecule has 30 heavy (non-hydrogen) atoms. The van der Waals surface area contributed by atoms with Crippen molar-refractivity contribution in [2.24, 2.45) is 10.2 Å². The molecule has 2 aromatic rings. The van der Waals surface area contributed by atoms with Crippen molar-refractivity contribution in [2.45, 2.75) is 11.7 Å². The summed E-state index contributed by atoms with van der Waals surface area (Å²) in [6, 6.07) is 13.3. The molecule has 3 rings (SSSR count). The first-order valence-corrected chi connectivity index (χ1v) is 9.60. The zero-order chi connectivity index (χ0) is 21.5. The molecule has 0 saturated carbocycles. The number of amides is 1. The lowest BCUT2D eigenvalue weighted by Gasteiger charge is -2.07. The number of ether oxygens (including phenoxy) is 2. The summed E-state index contributed by atoms with van der Waals surface area (Å²) in [6.07, 6.45) is 1.07. The number of esters is 1. The zero-order valence-corrected chi connectivity index (χ0v) is 16.6. The third-order valence-electron chi connectivity index (χ3n) is 3.93. The molecule has 0 bridgehead atoms. The van der Waals surface area contributed by atoms with Crippen molar-refractivity contribution in [1.82, 2.24) is 5.32 Å². The van der Waals surface area contributed by atoms with Gasteiger partial charge in [0.15, 0.2) is 5.17 Å². The van der Waals surface area contributed by atoms with Gasteiger partial charge in [-0.25, -0.2) is 4.79 Å². The van der Waals surface area contributed by atoms with Crippen LogP contribution < -0.4 is 14.8 Å². The monoisotopic (exact) mass is 427 g/mol. The molecular formula is C20H17N3O6S. The van der Waals surface area contributed by atoms with E-state index in [2.05, 4.69) is 15.5 Å². The number of para-hydroxylation sites is 1. The number of aliphatic carboxylic acids is 1. The summed E-state index contributed by atoms with van der Waals surface area (Å²) in [6.45, 7) is 0. The largest absolute Gasteiger partial charge is 0.497 e. The number of rotatable bonds is 7. The molecule has 0 aromatic heterocycles. The first kappa shape index (κ1) is 21.1. The Kier molecular flexibility index (Phi) is 6.81.